The highest BCUT2D eigenvalue weighted by Gasteiger charge is 2.32. The van der Waals surface area contributed by atoms with Crippen LogP contribution in [0.15, 0.2) is 4.90 Å². The Morgan fingerprint density at radius 2 is 1.70 bits per heavy atom. The van der Waals surface area contributed by atoms with Crippen molar-refractivity contribution in [3.8, 4) is 6.07 Å². The van der Waals surface area contributed by atoms with Crippen LogP contribution in [0.3, 0.4) is 0 Å². The second kappa shape index (κ2) is 4.86. The largest absolute Gasteiger partial charge is 0.263 e. The lowest BCUT2D eigenvalue weighted by molar-refractivity contribution is 0.345. The minimum Gasteiger partial charge on any atom is -0.263 e. The summed E-state index contributed by atoms with van der Waals surface area (Å²) in [7, 11) is -3.79. The van der Waals surface area contributed by atoms with Crippen molar-refractivity contribution in [2.75, 3.05) is 0 Å². The summed E-state index contributed by atoms with van der Waals surface area (Å²) in [5.41, 5.74) is -0.482. The third kappa shape index (κ3) is 3.19. The van der Waals surface area contributed by atoms with E-state index in [1.165, 1.54) is 13.8 Å². The van der Waals surface area contributed by atoms with Crippen molar-refractivity contribution in [3.63, 3.8) is 0 Å². The Morgan fingerprint density at radius 3 is 2.05 bits per heavy atom. The Morgan fingerprint density at radius 1 is 1.20 bits per heavy atom. The zero-order valence-electron chi connectivity index (χ0n) is 13.1. The van der Waals surface area contributed by atoms with Gasteiger partial charge in [-0.2, -0.15) is 15.1 Å². The molecule has 0 aliphatic rings. The quantitative estimate of drug-likeness (QED) is 0.922. The Labute approximate surface area is 120 Å². The lowest BCUT2D eigenvalue weighted by atomic mass is 10.1. The van der Waals surface area contributed by atoms with Gasteiger partial charge in [-0.3, -0.25) is 4.68 Å². The van der Waals surface area contributed by atoms with Gasteiger partial charge in [0.1, 0.15) is 10.4 Å². The molecule has 6 nitrogen and oxygen atoms in total. The minimum absolute atomic E-state index is 0.149. The van der Waals surface area contributed by atoms with Gasteiger partial charge in [0.15, 0.2) is 0 Å². The number of rotatable bonds is 3. The molecule has 0 aliphatic heterocycles. The summed E-state index contributed by atoms with van der Waals surface area (Å²) in [6.45, 7) is 12.3. The topological polar surface area (TPSA) is 87.8 Å². The van der Waals surface area contributed by atoms with Crippen LogP contribution in [0.25, 0.3) is 0 Å². The minimum atomic E-state index is -3.79. The first-order valence-corrected chi connectivity index (χ1v) is 7.82. The average molecular weight is 298 g/mol. The Hall–Kier alpha value is -1.39. The lowest BCUT2D eigenvalue weighted by Gasteiger charge is -2.22. The molecule has 7 heteroatoms. The number of aryl methyl sites for hydroxylation is 1. The number of hydrogen-bond donors (Lipinski definition) is 1. The van der Waals surface area contributed by atoms with Gasteiger partial charge in [0.25, 0.3) is 0 Å². The van der Waals surface area contributed by atoms with Gasteiger partial charge >= 0.3 is 0 Å². The molecule has 0 amide bonds. The highest BCUT2D eigenvalue weighted by Crippen LogP contribution is 2.25. The third-order valence-corrected chi connectivity index (χ3v) is 4.71. The van der Waals surface area contributed by atoms with Crippen LogP contribution >= 0.6 is 0 Å². The van der Waals surface area contributed by atoms with Crippen LogP contribution in [0.4, 0.5) is 0 Å². The van der Waals surface area contributed by atoms with Crippen LogP contribution < -0.4 is 4.72 Å². The molecule has 112 valence electrons. The highest BCUT2D eigenvalue weighted by molar-refractivity contribution is 7.89. The van der Waals surface area contributed by atoms with E-state index >= 15 is 0 Å². The summed E-state index contributed by atoms with van der Waals surface area (Å²) in [6, 6.07) is 1.93. The Balaban J connectivity index is 3.43. The van der Waals surface area contributed by atoms with Gasteiger partial charge < -0.3 is 0 Å². The Kier molecular flexibility index (Phi) is 4.05. The molecule has 0 aliphatic carbocycles. The SMILES string of the molecule is Cc1nn(C(C)(C)C)c(C)c1S(=O)(=O)NC(C)(C)C#N. The van der Waals surface area contributed by atoms with E-state index in [9.17, 15) is 8.42 Å². The predicted octanol–water partition coefficient (Wildman–Crippen LogP) is 1.84. The van der Waals surface area contributed by atoms with E-state index < -0.39 is 15.6 Å². The molecule has 1 aromatic rings. The second-order valence-corrected chi connectivity index (χ2v) is 8.04. The molecule has 0 saturated carbocycles. The number of aromatic nitrogens is 2. The number of nitriles is 1. The van der Waals surface area contributed by atoms with Gasteiger partial charge in [0.2, 0.25) is 10.0 Å². The first kappa shape index (κ1) is 16.7. The van der Waals surface area contributed by atoms with Gasteiger partial charge in [0, 0.05) is 0 Å². The van der Waals surface area contributed by atoms with E-state index in [0.717, 1.165) is 0 Å². The summed E-state index contributed by atoms with van der Waals surface area (Å²) in [5.74, 6) is 0. The molecular formula is C13H22N4O2S. The molecule has 0 atom stereocenters. The second-order valence-electron chi connectivity index (χ2n) is 6.42. The van der Waals surface area contributed by atoms with Crippen LogP contribution in [0.5, 0.6) is 0 Å². The fourth-order valence-electron chi connectivity index (χ4n) is 2.08. The smallest absolute Gasteiger partial charge is 0.245 e. The lowest BCUT2D eigenvalue weighted by Crippen LogP contribution is -2.42. The normalized spacial score (nSPS) is 13.3. The van der Waals surface area contributed by atoms with E-state index in [-0.39, 0.29) is 10.4 Å². The maximum Gasteiger partial charge on any atom is 0.245 e. The van der Waals surface area contributed by atoms with Crippen molar-refractivity contribution in [3.05, 3.63) is 11.4 Å². The van der Waals surface area contributed by atoms with Crippen molar-refractivity contribution < 1.29 is 8.42 Å². The summed E-state index contributed by atoms with van der Waals surface area (Å²) in [6.07, 6.45) is 0. The molecule has 1 aromatic heterocycles. The van der Waals surface area contributed by atoms with E-state index in [1.807, 2.05) is 26.8 Å². The fourth-order valence-corrected chi connectivity index (χ4v) is 3.80. The molecule has 0 aromatic carbocycles. The maximum atomic E-state index is 12.5. The molecule has 1 N–H and O–H groups in total. The molecule has 0 saturated heterocycles. The molecule has 0 unspecified atom stereocenters. The molecule has 0 radical (unpaired) electrons. The van der Waals surface area contributed by atoms with Gasteiger partial charge in [-0.15, -0.1) is 0 Å². The zero-order valence-corrected chi connectivity index (χ0v) is 13.9. The van der Waals surface area contributed by atoms with Crippen LogP contribution in [0.1, 0.15) is 46.0 Å². The van der Waals surface area contributed by atoms with Crippen LogP contribution in [-0.4, -0.2) is 23.7 Å². The Bertz CT molecular complexity index is 658. The fraction of sp³-hybridized carbons (Fsp3) is 0.692. The zero-order chi connectivity index (χ0) is 15.9. The number of sulfonamides is 1. The molecular weight excluding hydrogens is 276 g/mol. The van der Waals surface area contributed by atoms with E-state index in [0.29, 0.717) is 11.4 Å². The molecule has 1 rings (SSSR count). The van der Waals surface area contributed by atoms with Crippen molar-refractivity contribution in [2.45, 2.75) is 64.4 Å². The van der Waals surface area contributed by atoms with Crippen molar-refractivity contribution in [1.29, 1.82) is 5.26 Å². The maximum absolute atomic E-state index is 12.5. The monoisotopic (exact) mass is 298 g/mol. The number of nitrogens with zero attached hydrogens (tertiary/aromatic N) is 3. The van der Waals surface area contributed by atoms with Crippen LogP contribution in [-0.2, 0) is 15.6 Å². The first-order valence-electron chi connectivity index (χ1n) is 6.34. The molecule has 20 heavy (non-hydrogen) atoms. The van der Waals surface area contributed by atoms with E-state index in [2.05, 4.69) is 9.82 Å². The highest BCUT2D eigenvalue weighted by atomic mass is 32.2. The third-order valence-electron chi connectivity index (χ3n) is 2.80. The summed E-state index contributed by atoms with van der Waals surface area (Å²) < 4.78 is 29.0. The van der Waals surface area contributed by atoms with E-state index in [4.69, 9.17) is 5.26 Å². The number of nitrogens with one attached hydrogen (secondary N) is 1. The molecule has 0 bridgehead atoms. The van der Waals surface area contributed by atoms with Crippen molar-refractivity contribution >= 4 is 10.0 Å². The van der Waals surface area contributed by atoms with Gasteiger partial charge in [-0.25, -0.2) is 8.42 Å². The van der Waals surface area contributed by atoms with Crippen molar-refractivity contribution in [1.82, 2.24) is 14.5 Å². The molecule has 1 heterocycles. The predicted molar refractivity (Wildman–Crippen MR) is 76.7 cm³/mol. The molecule has 0 spiro atoms. The summed E-state index contributed by atoms with van der Waals surface area (Å²) in [5, 5.41) is 13.3. The van der Waals surface area contributed by atoms with Crippen LogP contribution in [0.2, 0.25) is 0 Å². The first-order chi connectivity index (χ1) is 8.82. The van der Waals surface area contributed by atoms with Gasteiger partial charge in [-0.1, -0.05) is 0 Å². The molecule has 0 fully saturated rings. The summed E-state index contributed by atoms with van der Waals surface area (Å²) >= 11 is 0. The van der Waals surface area contributed by atoms with Crippen molar-refractivity contribution in [2.24, 2.45) is 0 Å². The number of hydrogen-bond acceptors (Lipinski definition) is 4. The van der Waals surface area contributed by atoms with E-state index in [1.54, 1.807) is 18.5 Å². The summed E-state index contributed by atoms with van der Waals surface area (Å²) in [4.78, 5) is 0.149. The standard InChI is InChI=1S/C13H22N4O2S/c1-9-11(10(2)17(15-9)12(3,4)5)20(18,19)16-13(6,7)8-14/h16H,1-7H3. The van der Waals surface area contributed by atoms with Gasteiger partial charge in [-0.05, 0) is 48.5 Å². The average Bonchev–Trinajstić information content (AvgIpc) is 2.52. The van der Waals surface area contributed by atoms with Gasteiger partial charge in [0.05, 0.1) is 23.0 Å². The van der Waals surface area contributed by atoms with Crippen LogP contribution in [0, 0.1) is 25.2 Å².